The number of piperidine rings is 1. The Labute approximate surface area is 128 Å². The van der Waals surface area contributed by atoms with Gasteiger partial charge in [0.2, 0.25) is 0 Å². The van der Waals surface area contributed by atoms with E-state index in [1.54, 1.807) is 0 Å². The number of hydrogen-bond donors (Lipinski definition) is 1. The number of rotatable bonds is 2. The van der Waals surface area contributed by atoms with Crippen LogP contribution in [0.3, 0.4) is 0 Å². The summed E-state index contributed by atoms with van der Waals surface area (Å²) in [5.41, 5.74) is -0.806. The van der Waals surface area contributed by atoms with Crippen LogP contribution in [-0.2, 0) is 0 Å². The van der Waals surface area contributed by atoms with E-state index in [2.05, 4.69) is 15.2 Å². The predicted octanol–water partition coefficient (Wildman–Crippen LogP) is 2.38. The maximum atomic E-state index is 13.7. The molecule has 0 saturated carbocycles. The zero-order valence-electron chi connectivity index (χ0n) is 11.8. The number of H-pyrrole nitrogens is 1. The van der Waals surface area contributed by atoms with Crippen LogP contribution < -0.4 is 0 Å². The lowest BCUT2D eigenvalue weighted by Gasteiger charge is -2.31. The second-order valence-electron chi connectivity index (χ2n) is 5.29. The number of aromatic amines is 1. The minimum Gasteiger partial charge on any atom is -0.339 e. The number of nitrogens with zero attached hydrogens (tertiary/aromatic N) is 3. The van der Waals surface area contributed by atoms with Crippen molar-refractivity contribution in [3.05, 3.63) is 47.1 Å². The molecular formula is C14H12F4N4O. The smallest absolute Gasteiger partial charge is 0.257 e. The van der Waals surface area contributed by atoms with Crippen molar-refractivity contribution in [2.75, 3.05) is 13.1 Å². The van der Waals surface area contributed by atoms with Gasteiger partial charge in [-0.25, -0.2) is 22.5 Å². The van der Waals surface area contributed by atoms with Crippen molar-refractivity contribution in [3.63, 3.8) is 0 Å². The minimum atomic E-state index is -1.98. The quantitative estimate of drug-likeness (QED) is 0.523. The van der Waals surface area contributed by atoms with Crippen LogP contribution in [0.5, 0.6) is 0 Å². The Hall–Kier alpha value is -2.45. The van der Waals surface area contributed by atoms with Crippen LogP contribution in [0.4, 0.5) is 17.6 Å². The Kier molecular flexibility index (Phi) is 4.01. The summed E-state index contributed by atoms with van der Waals surface area (Å²) in [6.45, 7) is 0.536. The van der Waals surface area contributed by atoms with E-state index < -0.39 is 34.7 Å². The zero-order valence-corrected chi connectivity index (χ0v) is 11.8. The van der Waals surface area contributed by atoms with Gasteiger partial charge in [-0.1, -0.05) is 0 Å². The van der Waals surface area contributed by atoms with Crippen LogP contribution in [-0.4, -0.2) is 39.1 Å². The third-order valence-electron chi connectivity index (χ3n) is 3.94. The number of benzene rings is 1. The minimum absolute atomic E-state index is 0.0769. The first-order valence-corrected chi connectivity index (χ1v) is 6.96. The number of hydrogen-bond acceptors (Lipinski definition) is 3. The van der Waals surface area contributed by atoms with Gasteiger partial charge < -0.3 is 4.90 Å². The lowest BCUT2D eigenvalue weighted by atomic mass is 9.95. The summed E-state index contributed by atoms with van der Waals surface area (Å²) in [6, 6.07) is 0.388. The predicted molar refractivity (Wildman–Crippen MR) is 70.5 cm³/mol. The monoisotopic (exact) mass is 328 g/mol. The molecule has 0 aliphatic carbocycles. The third-order valence-corrected chi connectivity index (χ3v) is 3.94. The average molecular weight is 328 g/mol. The molecule has 1 amide bonds. The van der Waals surface area contributed by atoms with Crippen LogP contribution >= 0.6 is 0 Å². The summed E-state index contributed by atoms with van der Waals surface area (Å²) in [7, 11) is 0. The molecule has 1 aromatic carbocycles. The molecule has 3 rings (SSSR count). The van der Waals surface area contributed by atoms with Gasteiger partial charge in [0, 0.05) is 19.0 Å². The maximum absolute atomic E-state index is 13.7. The van der Waals surface area contributed by atoms with Crippen molar-refractivity contribution in [3.8, 4) is 0 Å². The first kappa shape index (κ1) is 15.4. The summed E-state index contributed by atoms with van der Waals surface area (Å²) in [5, 5.41) is 6.50. The molecule has 1 aliphatic rings. The summed E-state index contributed by atoms with van der Waals surface area (Å²) in [5.74, 6) is -7.27. The molecule has 1 aromatic heterocycles. The third kappa shape index (κ3) is 2.78. The molecule has 1 saturated heterocycles. The van der Waals surface area contributed by atoms with Crippen molar-refractivity contribution < 1.29 is 22.4 Å². The highest BCUT2D eigenvalue weighted by molar-refractivity contribution is 5.94. The molecule has 1 fully saturated rings. The topological polar surface area (TPSA) is 61.9 Å². The molecule has 23 heavy (non-hydrogen) atoms. The van der Waals surface area contributed by atoms with Crippen molar-refractivity contribution in [2.45, 2.75) is 18.8 Å². The Morgan fingerprint density at radius 1 is 1.13 bits per heavy atom. The molecule has 1 N–H and O–H groups in total. The number of nitrogens with one attached hydrogen (secondary N) is 1. The fraction of sp³-hybridized carbons (Fsp3) is 0.357. The van der Waals surface area contributed by atoms with Crippen molar-refractivity contribution in [1.82, 2.24) is 20.1 Å². The van der Waals surface area contributed by atoms with Crippen LogP contribution in [0, 0.1) is 23.3 Å². The number of aromatic nitrogens is 3. The van der Waals surface area contributed by atoms with Gasteiger partial charge in [0.15, 0.2) is 23.3 Å². The molecule has 5 nitrogen and oxygen atoms in total. The van der Waals surface area contributed by atoms with Gasteiger partial charge in [-0.3, -0.25) is 9.89 Å². The maximum Gasteiger partial charge on any atom is 0.257 e. The van der Waals surface area contributed by atoms with Gasteiger partial charge in [0.05, 0.1) is 5.56 Å². The Balaban J connectivity index is 1.75. The molecule has 1 aliphatic heterocycles. The zero-order chi connectivity index (χ0) is 16.6. The molecule has 0 spiro atoms. The Bertz CT molecular complexity index is 727. The number of carbonyl (C=O) groups excluding carboxylic acids is 1. The molecule has 0 radical (unpaired) electrons. The lowest BCUT2D eigenvalue weighted by molar-refractivity contribution is 0.0704. The second-order valence-corrected chi connectivity index (χ2v) is 5.29. The fourth-order valence-electron chi connectivity index (χ4n) is 2.67. The highest BCUT2D eigenvalue weighted by Gasteiger charge is 2.30. The highest BCUT2D eigenvalue weighted by atomic mass is 19.2. The van der Waals surface area contributed by atoms with Gasteiger partial charge in [-0.2, -0.15) is 5.10 Å². The molecule has 9 heteroatoms. The lowest BCUT2D eigenvalue weighted by Crippen LogP contribution is -2.38. The molecule has 2 heterocycles. The van der Waals surface area contributed by atoms with E-state index in [4.69, 9.17) is 0 Å². The fourth-order valence-corrected chi connectivity index (χ4v) is 2.67. The number of carbonyl (C=O) groups is 1. The summed E-state index contributed by atoms with van der Waals surface area (Å²) >= 11 is 0. The number of halogens is 4. The molecule has 122 valence electrons. The van der Waals surface area contributed by atoms with E-state index in [0.717, 1.165) is 0 Å². The van der Waals surface area contributed by atoms with E-state index >= 15 is 0 Å². The molecular weight excluding hydrogens is 316 g/mol. The van der Waals surface area contributed by atoms with E-state index in [1.165, 1.54) is 11.2 Å². The van der Waals surface area contributed by atoms with Gasteiger partial charge in [-0.05, 0) is 18.9 Å². The molecule has 0 unspecified atom stereocenters. The van der Waals surface area contributed by atoms with E-state index in [9.17, 15) is 22.4 Å². The largest absolute Gasteiger partial charge is 0.339 e. The summed E-state index contributed by atoms with van der Waals surface area (Å²) in [6.07, 6.45) is 2.48. The first-order chi connectivity index (χ1) is 11.0. The normalized spacial score (nSPS) is 15.9. The van der Waals surface area contributed by atoms with Crippen LogP contribution in [0.1, 0.15) is 34.9 Å². The van der Waals surface area contributed by atoms with Crippen molar-refractivity contribution >= 4 is 5.91 Å². The highest BCUT2D eigenvalue weighted by Crippen LogP contribution is 2.27. The average Bonchev–Trinajstić information content (AvgIpc) is 3.10. The van der Waals surface area contributed by atoms with Crippen molar-refractivity contribution in [2.24, 2.45) is 0 Å². The standard InChI is InChI=1S/C14H12F4N4O/c15-9-5-8(10(16)12(18)11(9)17)14(23)22-3-1-7(2-4-22)13-19-6-20-21-13/h5-7H,1-4H2,(H,19,20,21). The van der Waals surface area contributed by atoms with Crippen LogP contribution in [0.2, 0.25) is 0 Å². The van der Waals surface area contributed by atoms with E-state index in [0.29, 0.717) is 24.7 Å². The van der Waals surface area contributed by atoms with Gasteiger partial charge >= 0.3 is 0 Å². The first-order valence-electron chi connectivity index (χ1n) is 6.96. The van der Waals surface area contributed by atoms with Crippen LogP contribution in [0.15, 0.2) is 12.4 Å². The van der Waals surface area contributed by atoms with Gasteiger partial charge in [0.1, 0.15) is 12.2 Å². The number of amides is 1. The van der Waals surface area contributed by atoms with Crippen molar-refractivity contribution in [1.29, 1.82) is 0 Å². The summed E-state index contributed by atoms with van der Waals surface area (Å²) in [4.78, 5) is 17.5. The van der Waals surface area contributed by atoms with Gasteiger partial charge in [-0.15, -0.1) is 0 Å². The Morgan fingerprint density at radius 2 is 1.83 bits per heavy atom. The molecule has 0 bridgehead atoms. The van der Waals surface area contributed by atoms with E-state index in [1.807, 2.05) is 0 Å². The second kappa shape index (κ2) is 5.98. The van der Waals surface area contributed by atoms with Gasteiger partial charge in [0.25, 0.3) is 5.91 Å². The van der Waals surface area contributed by atoms with Crippen LogP contribution in [0.25, 0.3) is 0 Å². The SMILES string of the molecule is O=C(c1cc(F)c(F)c(F)c1F)N1CCC(c2ncn[nH]2)CC1. The Morgan fingerprint density at radius 3 is 2.43 bits per heavy atom. The molecule has 0 atom stereocenters. The number of likely N-dealkylation sites (tertiary alicyclic amines) is 1. The molecule has 2 aromatic rings. The van der Waals surface area contributed by atoms with E-state index in [-0.39, 0.29) is 19.0 Å². The summed E-state index contributed by atoms with van der Waals surface area (Å²) < 4.78 is 53.1.